The lowest BCUT2D eigenvalue weighted by Gasteiger charge is -2.24. The number of aromatic nitrogens is 2. The predicted molar refractivity (Wildman–Crippen MR) is 74.4 cm³/mol. The van der Waals surface area contributed by atoms with E-state index in [1.807, 2.05) is 13.8 Å². The molecule has 0 spiro atoms. The minimum Gasteiger partial charge on any atom is -0.481 e. The highest BCUT2D eigenvalue weighted by Crippen LogP contribution is 2.18. The van der Waals surface area contributed by atoms with E-state index in [-0.39, 0.29) is 12.5 Å². The topological polar surface area (TPSA) is 92.6 Å². The van der Waals surface area contributed by atoms with Crippen molar-refractivity contribution in [3.05, 3.63) is 24.2 Å². The first-order valence-corrected chi connectivity index (χ1v) is 6.88. The Morgan fingerprint density at radius 1 is 1.48 bits per heavy atom. The number of carboxylic acids is 1. The van der Waals surface area contributed by atoms with Gasteiger partial charge in [0.15, 0.2) is 11.6 Å². The van der Waals surface area contributed by atoms with Gasteiger partial charge < -0.3 is 14.0 Å². The van der Waals surface area contributed by atoms with Crippen LogP contribution in [0.25, 0.3) is 11.7 Å². The van der Waals surface area contributed by atoms with Crippen molar-refractivity contribution in [1.29, 1.82) is 0 Å². The molecule has 1 N–H and O–H groups in total. The van der Waals surface area contributed by atoms with Gasteiger partial charge in [-0.25, -0.2) is 0 Å². The van der Waals surface area contributed by atoms with Crippen LogP contribution in [-0.2, 0) is 11.3 Å². The summed E-state index contributed by atoms with van der Waals surface area (Å²) >= 11 is 0. The number of carboxylic acid groups (broad SMARTS) is 1. The second kappa shape index (κ2) is 7.03. The number of hydrogen-bond donors (Lipinski definition) is 1. The minimum absolute atomic E-state index is 0.160. The van der Waals surface area contributed by atoms with E-state index in [1.54, 1.807) is 18.4 Å². The Hall–Kier alpha value is -2.15. The molecule has 0 aliphatic heterocycles. The highest BCUT2D eigenvalue weighted by atomic mass is 16.5. The fraction of sp³-hybridized carbons (Fsp3) is 0.500. The number of furan rings is 1. The van der Waals surface area contributed by atoms with Crippen molar-refractivity contribution in [2.24, 2.45) is 0 Å². The molecule has 0 saturated carbocycles. The van der Waals surface area contributed by atoms with Gasteiger partial charge in [-0.15, -0.1) is 0 Å². The largest absolute Gasteiger partial charge is 0.481 e. The van der Waals surface area contributed by atoms with E-state index >= 15 is 0 Å². The lowest BCUT2D eigenvalue weighted by molar-refractivity contribution is -0.137. The maximum atomic E-state index is 10.6. The van der Waals surface area contributed by atoms with Crippen molar-refractivity contribution in [3.8, 4) is 11.7 Å². The van der Waals surface area contributed by atoms with Crippen LogP contribution in [0.15, 0.2) is 27.3 Å². The zero-order chi connectivity index (χ0) is 15.2. The summed E-state index contributed by atoms with van der Waals surface area (Å²) in [5.41, 5.74) is 0. The van der Waals surface area contributed by atoms with Crippen LogP contribution < -0.4 is 0 Å². The fourth-order valence-corrected chi connectivity index (χ4v) is 1.95. The Bertz CT molecular complexity index is 563. The molecule has 2 heterocycles. The van der Waals surface area contributed by atoms with Crippen LogP contribution >= 0.6 is 0 Å². The third-order valence-electron chi connectivity index (χ3n) is 3.11. The molecule has 7 nitrogen and oxygen atoms in total. The van der Waals surface area contributed by atoms with Gasteiger partial charge >= 0.3 is 5.97 Å². The van der Waals surface area contributed by atoms with E-state index in [9.17, 15) is 4.79 Å². The van der Waals surface area contributed by atoms with Crippen LogP contribution in [0, 0.1) is 0 Å². The lowest BCUT2D eigenvalue weighted by Crippen LogP contribution is -2.32. The van der Waals surface area contributed by atoms with E-state index in [0.717, 1.165) is 0 Å². The zero-order valence-electron chi connectivity index (χ0n) is 12.2. The number of aliphatic carboxylic acids is 1. The maximum absolute atomic E-state index is 10.6. The van der Waals surface area contributed by atoms with Crippen molar-refractivity contribution in [1.82, 2.24) is 15.0 Å². The van der Waals surface area contributed by atoms with Crippen LogP contribution in [0.3, 0.4) is 0 Å². The molecule has 7 heteroatoms. The fourth-order valence-electron chi connectivity index (χ4n) is 1.95. The van der Waals surface area contributed by atoms with Gasteiger partial charge in [-0.05, 0) is 38.9 Å². The van der Waals surface area contributed by atoms with Gasteiger partial charge in [0.2, 0.25) is 0 Å². The second-order valence-electron chi connectivity index (χ2n) is 5.05. The molecule has 2 aromatic rings. The summed E-state index contributed by atoms with van der Waals surface area (Å²) < 4.78 is 10.4. The molecular formula is C14H19N3O4. The van der Waals surface area contributed by atoms with Crippen LogP contribution in [-0.4, -0.2) is 38.7 Å². The SMILES string of the molecule is CC(C)N(CCCC(=O)O)Cc1noc(-c2ccco2)n1. The highest BCUT2D eigenvalue weighted by Gasteiger charge is 2.16. The van der Waals surface area contributed by atoms with E-state index in [0.29, 0.717) is 37.0 Å². The predicted octanol–water partition coefficient (Wildman–Crippen LogP) is 2.40. The van der Waals surface area contributed by atoms with Crippen LogP contribution in [0.2, 0.25) is 0 Å². The average molecular weight is 293 g/mol. The van der Waals surface area contributed by atoms with E-state index < -0.39 is 5.97 Å². The molecule has 0 saturated heterocycles. The Kier molecular flexibility index (Phi) is 5.10. The number of rotatable bonds is 8. The average Bonchev–Trinajstić information content (AvgIpc) is 3.07. The first-order valence-electron chi connectivity index (χ1n) is 6.88. The molecule has 0 bridgehead atoms. The summed E-state index contributed by atoms with van der Waals surface area (Å²) in [6.45, 7) is 5.29. The molecule has 0 aliphatic rings. The van der Waals surface area contributed by atoms with Crippen molar-refractivity contribution in [2.75, 3.05) is 6.54 Å². The van der Waals surface area contributed by atoms with Gasteiger partial charge in [0.25, 0.3) is 5.89 Å². The Balaban J connectivity index is 1.95. The maximum Gasteiger partial charge on any atom is 0.303 e. The summed E-state index contributed by atoms with van der Waals surface area (Å²) in [6, 6.07) is 3.78. The van der Waals surface area contributed by atoms with Gasteiger partial charge in [0.05, 0.1) is 12.8 Å². The van der Waals surface area contributed by atoms with Gasteiger partial charge in [-0.3, -0.25) is 9.69 Å². The molecular weight excluding hydrogens is 274 g/mol. The molecule has 0 atom stereocenters. The Morgan fingerprint density at radius 3 is 2.90 bits per heavy atom. The van der Waals surface area contributed by atoms with Gasteiger partial charge in [-0.2, -0.15) is 4.98 Å². The molecule has 0 radical (unpaired) electrons. The number of carbonyl (C=O) groups is 1. The molecule has 0 fully saturated rings. The lowest BCUT2D eigenvalue weighted by atomic mass is 10.2. The van der Waals surface area contributed by atoms with E-state index in [1.165, 1.54) is 0 Å². The molecule has 0 aromatic carbocycles. The van der Waals surface area contributed by atoms with E-state index in [4.69, 9.17) is 14.0 Å². The zero-order valence-corrected chi connectivity index (χ0v) is 12.2. The first kappa shape index (κ1) is 15.2. The molecule has 0 aliphatic carbocycles. The molecule has 2 aromatic heterocycles. The second-order valence-corrected chi connectivity index (χ2v) is 5.05. The van der Waals surface area contributed by atoms with Crippen LogP contribution in [0.4, 0.5) is 0 Å². The first-order chi connectivity index (χ1) is 10.1. The summed E-state index contributed by atoms with van der Waals surface area (Å²) in [6.07, 6.45) is 2.30. The van der Waals surface area contributed by atoms with Crippen molar-refractivity contribution >= 4 is 5.97 Å². The third kappa shape index (κ3) is 4.42. The highest BCUT2D eigenvalue weighted by molar-refractivity contribution is 5.66. The number of hydrogen-bond acceptors (Lipinski definition) is 6. The van der Waals surface area contributed by atoms with Crippen LogP contribution in [0.5, 0.6) is 0 Å². The molecule has 114 valence electrons. The van der Waals surface area contributed by atoms with Gasteiger partial charge in [-0.1, -0.05) is 5.16 Å². The van der Waals surface area contributed by atoms with Crippen molar-refractivity contribution in [2.45, 2.75) is 39.3 Å². The van der Waals surface area contributed by atoms with Crippen molar-refractivity contribution in [3.63, 3.8) is 0 Å². The number of nitrogens with zero attached hydrogens (tertiary/aromatic N) is 3. The standard InChI is InChI=1S/C14H19N3O4/c1-10(2)17(7-3-6-13(18)19)9-12-15-14(21-16-12)11-5-4-8-20-11/h4-5,8,10H,3,6-7,9H2,1-2H3,(H,18,19). The smallest absolute Gasteiger partial charge is 0.303 e. The Morgan fingerprint density at radius 2 is 2.29 bits per heavy atom. The molecule has 0 amide bonds. The normalized spacial score (nSPS) is 11.4. The van der Waals surface area contributed by atoms with Crippen molar-refractivity contribution < 1.29 is 18.8 Å². The van der Waals surface area contributed by atoms with Gasteiger partial charge in [0, 0.05) is 12.5 Å². The summed E-state index contributed by atoms with van der Waals surface area (Å²) in [7, 11) is 0. The van der Waals surface area contributed by atoms with Gasteiger partial charge in [0.1, 0.15) is 0 Å². The molecule has 0 unspecified atom stereocenters. The quantitative estimate of drug-likeness (QED) is 0.798. The molecule has 21 heavy (non-hydrogen) atoms. The van der Waals surface area contributed by atoms with Crippen LogP contribution in [0.1, 0.15) is 32.5 Å². The summed E-state index contributed by atoms with van der Waals surface area (Å²) in [5.74, 6) is 0.670. The summed E-state index contributed by atoms with van der Waals surface area (Å²) in [5, 5.41) is 12.6. The minimum atomic E-state index is -0.779. The Labute approximate surface area is 122 Å². The third-order valence-corrected chi connectivity index (χ3v) is 3.11. The van der Waals surface area contributed by atoms with E-state index in [2.05, 4.69) is 15.0 Å². The summed E-state index contributed by atoms with van der Waals surface area (Å²) in [4.78, 5) is 17.0. The monoisotopic (exact) mass is 293 g/mol. The molecule has 2 rings (SSSR count).